The van der Waals surface area contributed by atoms with E-state index >= 15 is 0 Å². The molecule has 1 N–H and O–H groups in total. The van der Waals surface area contributed by atoms with E-state index in [4.69, 9.17) is 0 Å². The number of nitrogens with zero attached hydrogens (tertiary/aromatic N) is 1. The third-order valence-electron chi connectivity index (χ3n) is 4.13. The molecule has 0 radical (unpaired) electrons. The molecule has 3 rings (SSSR count). The molecule has 1 saturated heterocycles. The molecule has 1 saturated carbocycles. The molecule has 1 heterocycles. The summed E-state index contributed by atoms with van der Waals surface area (Å²) in [5, 5.41) is 3.37. The highest BCUT2D eigenvalue weighted by Gasteiger charge is 2.33. The number of amides is 1. The van der Waals surface area contributed by atoms with Crippen LogP contribution >= 0.6 is 0 Å². The Kier molecular flexibility index (Phi) is 4.01. The standard InChI is InChI=1S/C16H21FN2O/c17-13-4-1-3-12(9-13)11-19(15-6-7-15)16(20)10-14-5-2-8-18-14/h1,3-4,9,14-15,18H,2,5-8,10-11H2. The minimum Gasteiger partial charge on any atom is -0.335 e. The number of nitrogens with one attached hydrogen (secondary N) is 1. The summed E-state index contributed by atoms with van der Waals surface area (Å²) in [6.45, 7) is 1.55. The summed E-state index contributed by atoms with van der Waals surface area (Å²) in [6, 6.07) is 7.26. The Morgan fingerprint density at radius 1 is 1.35 bits per heavy atom. The lowest BCUT2D eigenvalue weighted by Crippen LogP contribution is -2.37. The van der Waals surface area contributed by atoms with Crippen molar-refractivity contribution in [3.8, 4) is 0 Å². The van der Waals surface area contributed by atoms with Crippen molar-refractivity contribution in [1.82, 2.24) is 10.2 Å². The predicted octanol–water partition coefficient (Wildman–Crippen LogP) is 2.46. The van der Waals surface area contributed by atoms with E-state index in [0.717, 1.165) is 37.8 Å². The van der Waals surface area contributed by atoms with Crippen LogP contribution in [0.15, 0.2) is 24.3 Å². The SMILES string of the molecule is O=C(CC1CCCN1)N(Cc1cccc(F)c1)C1CC1. The molecule has 0 spiro atoms. The summed E-state index contributed by atoms with van der Waals surface area (Å²) >= 11 is 0. The van der Waals surface area contributed by atoms with Crippen LogP contribution in [0.2, 0.25) is 0 Å². The van der Waals surface area contributed by atoms with Gasteiger partial charge >= 0.3 is 0 Å². The molecule has 4 heteroatoms. The first-order valence-electron chi connectivity index (χ1n) is 7.49. The zero-order chi connectivity index (χ0) is 13.9. The zero-order valence-electron chi connectivity index (χ0n) is 11.6. The molecule has 20 heavy (non-hydrogen) atoms. The fourth-order valence-electron chi connectivity index (χ4n) is 2.90. The molecule has 108 valence electrons. The number of benzene rings is 1. The highest BCUT2D eigenvalue weighted by Crippen LogP contribution is 2.29. The lowest BCUT2D eigenvalue weighted by Gasteiger charge is -2.24. The summed E-state index contributed by atoms with van der Waals surface area (Å²) in [7, 11) is 0. The zero-order valence-corrected chi connectivity index (χ0v) is 11.6. The van der Waals surface area contributed by atoms with Crippen molar-refractivity contribution >= 4 is 5.91 Å². The van der Waals surface area contributed by atoms with E-state index in [1.807, 2.05) is 11.0 Å². The van der Waals surface area contributed by atoms with Crippen LogP contribution in [0.1, 0.15) is 37.7 Å². The minimum atomic E-state index is -0.233. The lowest BCUT2D eigenvalue weighted by molar-refractivity contribution is -0.132. The Hall–Kier alpha value is -1.42. The molecular weight excluding hydrogens is 255 g/mol. The lowest BCUT2D eigenvalue weighted by atomic mass is 10.1. The van der Waals surface area contributed by atoms with Gasteiger partial charge in [-0.2, -0.15) is 0 Å². The molecule has 1 aromatic carbocycles. The monoisotopic (exact) mass is 276 g/mol. The van der Waals surface area contributed by atoms with Gasteiger partial charge in [-0.3, -0.25) is 4.79 Å². The molecule has 1 aliphatic carbocycles. The van der Waals surface area contributed by atoms with Crippen molar-refractivity contribution in [3.63, 3.8) is 0 Å². The number of rotatable bonds is 5. The molecular formula is C16H21FN2O. The van der Waals surface area contributed by atoms with Crippen LogP contribution in [0.3, 0.4) is 0 Å². The number of hydrogen-bond acceptors (Lipinski definition) is 2. The van der Waals surface area contributed by atoms with Crippen LogP contribution in [0, 0.1) is 5.82 Å². The Morgan fingerprint density at radius 2 is 2.20 bits per heavy atom. The van der Waals surface area contributed by atoms with Crippen molar-refractivity contribution in [3.05, 3.63) is 35.6 Å². The van der Waals surface area contributed by atoms with E-state index in [9.17, 15) is 9.18 Å². The van der Waals surface area contributed by atoms with E-state index in [2.05, 4.69) is 5.32 Å². The maximum Gasteiger partial charge on any atom is 0.224 e. The van der Waals surface area contributed by atoms with Gasteiger partial charge in [0.15, 0.2) is 0 Å². The van der Waals surface area contributed by atoms with E-state index in [1.165, 1.54) is 12.1 Å². The molecule has 3 nitrogen and oxygen atoms in total. The molecule has 1 aromatic rings. The van der Waals surface area contributed by atoms with Gasteiger partial charge in [0.1, 0.15) is 5.82 Å². The van der Waals surface area contributed by atoms with Crippen molar-refractivity contribution < 1.29 is 9.18 Å². The molecule has 1 amide bonds. The second kappa shape index (κ2) is 5.92. The van der Waals surface area contributed by atoms with E-state index in [1.54, 1.807) is 6.07 Å². The normalized spacial score (nSPS) is 21.9. The van der Waals surface area contributed by atoms with Crippen LogP contribution in [0.5, 0.6) is 0 Å². The first-order valence-corrected chi connectivity index (χ1v) is 7.49. The van der Waals surface area contributed by atoms with Gasteiger partial charge in [-0.25, -0.2) is 4.39 Å². The van der Waals surface area contributed by atoms with Gasteiger partial charge in [-0.15, -0.1) is 0 Å². The molecule has 0 aromatic heterocycles. The maximum atomic E-state index is 13.2. The van der Waals surface area contributed by atoms with Crippen LogP contribution in [0.4, 0.5) is 4.39 Å². The van der Waals surface area contributed by atoms with Gasteiger partial charge in [0.25, 0.3) is 0 Å². The molecule has 2 fully saturated rings. The van der Waals surface area contributed by atoms with Crippen LogP contribution < -0.4 is 5.32 Å². The quantitative estimate of drug-likeness (QED) is 0.896. The summed E-state index contributed by atoms with van der Waals surface area (Å²) < 4.78 is 13.2. The van der Waals surface area contributed by atoms with Gasteiger partial charge < -0.3 is 10.2 Å². The van der Waals surface area contributed by atoms with E-state index in [0.29, 0.717) is 25.0 Å². The molecule has 2 aliphatic rings. The Labute approximate surface area is 119 Å². The third-order valence-corrected chi connectivity index (χ3v) is 4.13. The van der Waals surface area contributed by atoms with E-state index in [-0.39, 0.29) is 11.7 Å². The fourth-order valence-corrected chi connectivity index (χ4v) is 2.90. The highest BCUT2D eigenvalue weighted by molar-refractivity contribution is 5.77. The Bertz CT molecular complexity index is 481. The van der Waals surface area contributed by atoms with Gasteiger partial charge in [0.05, 0.1) is 0 Å². The second-order valence-corrected chi connectivity index (χ2v) is 5.88. The summed E-state index contributed by atoms with van der Waals surface area (Å²) in [5.74, 6) is -0.0284. The average molecular weight is 276 g/mol. The summed E-state index contributed by atoms with van der Waals surface area (Å²) in [5.41, 5.74) is 0.879. The second-order valence-electron chi connectivity index (χ2n) is 5.88. The number of carbonyl (C=O) groups is 1. The highest BCUT2D eigenvalue weighted by atomic mass is 19.1. The van der Waals surface area contributed by atoms with Crippen LogP contribution in [-0.2, 0) is 11.3 Å². The Balaban J connectivity index is 1.64. The Morgan fingerprint density at radius 3 is 2.85 bits per heavy atom. The van der Waals surface area contributed by atoms with Crippen molar-refractivity contribution in [2.24, 2.45) is 0 Å². The third kappa shape index (κ3) is 3.37. The molecule has 1 aliphatic heterocycles. The van der Waals surface area contributed by atoms with Gasteiger partial charge in [0, 0.05) is 25.0 Å². The summed E-state index contributed by atoms with van der Waals surface area (Å²) in [6.07, 6.45) is 4.99. The summed E-state index contributed by atoms with van der Waals surface area (Å²) in [4.78, 5) is 14.4. The topological polar surface area (TPSA) is 32.3 Å². The predicted molar refractivity (Wildman–Crippen MR) is 75.6 cm³/mol. The number of halogens is 1. The molecule has 1 atom stereocenters. The van der Waals surface area contributed by atoms with Crippen molar-refractivity contribution in [2.75, 3.05) is 6.54 Å². The van der Waals surface area contributed by atoms with Gasteiger partial charge in [-0.1, -0.05) is 12.1 Å². The first kappa shape index (κ1) is 13.6. The average Bonchev–Trinajstić information content (AvgIpc) is 3.14. The van der Waals surface area contributed by atoms with Crippen LogP contribution in [-0.4, -0.2) is 29.4 Å². The fraction of sp³-hybridized carbons (Fsp3) is 0.562. The molecule has 0 bridgehead atoms. The van der Waals surface area contributed by atoms with Crippen molar-refractivity contribution in [1.29, 1.82) is 0 Å². The van der Waals surface area contributed by atoms with Crippen LogP contribution in [0.25, 0.3) is 0 Å². The number of hydrogen-bond donors (Lipinski definition) is 1. The number of carbonyl (C=O) groups excluding carboxylic acids is 1. The van der Waals surface area contributed by atoms with E-state index < -0.39 is 0 Å². The smallest absolute Gasteiger partial charge is 0.224 e. The van der Waals surface area contributed by atoms with Gasteiger partial charge in [-0.05, 0) is 49.9 Å². The largest absolute Gasteiger partial charge is 0.335 e. The molecule has 1 unspecified atom stereocenters. The maximum absolute atomic E-state index is 13.2. The first-order chi connectivity index (χ1) is 9.72. The van der Waals surface area contributed by atoms with Crippen molar-refractivity contribution in [2.45, 2.75) is 50.7 Å². The van der Waals surface area contributed by atoms with Gasteiger partial charge in [0.2, 0.25) is 5.91 Å². The minimum absolute atomic E-state index is 0.205.